The number of rotatable bonds is 19. The minimum absolute atomic E-state index is 0.263. The van der Waals surface area contributed by atoms with Crippen LogP contribution in [0.1, 0.15) is 123 Å². The Morgan fingerprint density at radius 1 is 0.565 bits per heavy atom. The molecule has 0 rings (SSSR count). The van der Waals surface area contributed by atoms with Gasteiger partial charge >= 0.3 is 0 Å². The van der Waals surface area contributed by atoms with Crippen LogP contribution in [0, 0.1) is 0 Å². The van der Waals surface area contributed by atoms with Crippen LogP contribution in [0.15, 0.2) is 0 Å². The fourth-order valence-electron chi connectivity index (χ4n) is 2.98. The van der Waals surface area contributed by atoms with Gasteiger partial charge in [0.2, 0.25) is 0 Å². The number of unbranched alkanes of at least 4 members (excludes halogenated alkanes) is 15. The summed E-state index contributed by atoms with van der Waals surface area (Å²) in [6, 6.07) is 0. The first kappa shape index (κ1) is 23.4. The average molecular weight is 391 g/mol. The lowest BCUT2D eigenvalue weighted by atomic mass is 10.0. The molecule has 2 heteroatoms. The minimum Gasteiger partial charge on any atom is -0.367 e. The summed E-state index contributed by atoms with van der Waals surface area (Å²) in [5.74, 6) is 0. The maximum atomic E-state index is 5.63. The molecule has 0 aliphatic rings. The van der Waals surface area contributed by atoms with Gasteiger partial charge in [-0.1, -0.05) is 126 Å². The molecule has 0 aromatic heterocycles. The molecule has 0 N–H and O–H groups in total. The summed E-state index contributed by atoms with van der Waals surface area (Å²) in [5, 5.41) is 0.263. The van der Waals surface area contributed by atoms with Gasteiger partial charge in [-0.15, -0.1) is 0 Å². The Hall–Kier alpha value is 0.440. The first-order chi connectivity index (χ1) is 11.3. The summed E-state index contributed by atoms with van der Waals surface area (Å²) in [6.45, 7) is 5.36. The van der Waals surface area contributed by atoms with Gasteiger partial charge in [0.25, 0.3) is 0 Å². The van der Waals surface area contributed by atoms with Gasteiger partial charge in [-0.3, -0.25) is 0 Å². The van der Waals surface area contributed by atoms with E-state index in [1.54, 1.807) is 0 Å². The molecule has 1 nitrogen and oxygen atoms in total. The Kier molecular flexibility index (Phi) is 20.9. The molecule has 0 heterocycles. The molecule has 0 saturated heterocycles. The molecule has 0 amide bonds. The van der Waals surface area contributed by atoms with Gasteiger partial charge in [0.1, 0.15) is 5.01 Å². The van der Waals surface area contributed by atoms with E-state index in [9.17, 15) is 0 Å². The van der Waals surface area contributed by atoms with E-state index in [1.807, 2.05) is 0 Å². The van der Waals surface area contributed by atoms with Crippen molar-refractivity contribution in [1.29, 1.82) is 0 Å². The monoisotopic (exact) mass is 390 g/mol. The third-order valence-electron chi connectivity index (χ3n) is 4.62. The number of halogens is 1. The van der Waals surface area contributed by atoms with E-state index in [0.29, 0.717) is 0 Å². The molecular formula is C21H43BrO. The number of hydrogen-bond acceptors (Lipinski definition) is 1. The van der Waals surface area contributed by atoms with Gasteiger partial charge in [-0.05, 0) is 12.8 Å². The smallest absolute Gasteiger partial charge is 0.112 e. The summed E-state index contributed by atoms with van der Waals surface area (Å²) in [7, 11) is 0. The molecule has 1 atom stereocenters. The highest BCUT2D eigenvalue weighted by Crippen LogP contribution is 2.14. The van der Waals surface area contributed by atoms with E-state index in [0.717, 1.165) is 13.0 Å². The number of alkyl halides is 1. The summed E-state index contributed by atoms with van der Waals surface area (Å²) in [4.78, 5) is 0. The highest BCUT2D eigenvalue weighted by molar-refractivity contribution is 9.09. The largest absolute Gasteiger partial charge is 0.367 e. The van der Waals surface area contributed by atoms with Gasteiger partial charge in [-0.2, -0.15) is 0 Å². The number of ether oxygens (including phenoxy) is 1. The summed E-state index contributed by atoms with van der Waals surface area (Å²) in [6.07, 6.45) is 23.8. The highest BCUT2D eigenvalue weighted by atomic mass is 79.9. The first-order valence-electron chi connectivity index (χ1n) is 10.6. The van der Waals surface area contributed by atoms with E-state index in [2.05, 4.69) is 29.8 Å². The van der Waals surface area contributed by atoms with Crippen LogP contribution in [0.25, 0.3) is 0 Å². The van der Waals surface area contributed by atoms with Crippen LogP contribution < -0.4 is 0 Å². The fourth-order valence-corrected chi connectivity index (χ4v) is 3.17. The summed E-state index contributed by atoms with van der Waals surface area (Å²) >= 11 is 3.50. The van der Waals surface area contributed by atoms with Crippen LogP contribution >= 0.6 is 15.9 Å². The first-order valence-corrected chi connectivity index (χ1v) is 11.5. The molecular weight excluding hydrogens is 348 g/mol. The normalized spacial score (nSPS) is 12.7. The van der Waals surface area contributed by atoms with Gasteiger partial charge in [0.05, 0.1) is 0 Å². The molecule has 140 valence electrons. The molecule has 0 fully saturated rings. The number of hydrogen-bond donors (Lipinski definition) is 0. The minimum atomic E-state index is 0.263. The third kappa shape index (κ3) is 20.4. The molecule has 0 bridgehead atoms. The second-order valence-electron chi connectivity index (χ2n) is 6.99. The second kappa shape index (κ2) is 20.5. The second-order valence-corrected chi connectivity index (χ2v) is 8.01. The van der Waals surface area contributed by atoms with E-state index >= 15 is 0 Å². The SMILES string of the molecule is CCCCCCCCCCCCCCCCCCOC(Br)CC. The van der Waals surface area contributed by atoms with Crippen molar-refractivity contribution in [2.75, 3.05) is 6.61 Å². The van der Waals surface area contributed by atoms with Crippen molar-refractivity contribution in [3.8, 4) is 0 Å². The van der Waals surface area contributed by atoms with Crippen LogP contribution in [0.3, 0.4) is 0 Å². The van der Waals surface area contributed by atoms with E-state index in [-0.39, 0.29) is 5.01 Å². The lowest BCUT2D eigenvalue weighted by Crippen LogP contribution is -2.03. The zero-order chi connectivity index (χ0) is 17.0. The predicted molar refractivity (Wildman–Crippen MR) is 109 cm³/mol. The van der Waals surface area contributed by atoms with Gasteiger partial charge in [0.15, 0.2) is 0 Å². The Morgan fingerprint density at radius 2 is 0.913 bits per heavy atom. The Balaban J connectivity index is 2.97. The standard InChI is InChI=1S/C21H43BrO/c1-3-5-6-7-8-9-10-11-12-13-14-15-16-17-18-19-20-23-21(22)4-2/h21H,3-20H2,1-2H3. The molecule has 0 radical (unpaired) electrons. The molecule has 0 aromatic rings. The van der Waals surface area contributed by atoms with E-state index < -0.39 is 0 Å². The van der Waals surface area contributed by atoms with Crippen molar-refractivity contribution in [1.82, 2.24) is 0 Å². The van der Waals surface area contributed by atoms with Crippen LogP contribution in [0.4, 0.5) is 0 Å². The maximum Gasteiger partial charge on any atom is 0.112 e. The fraction of sp³-hybridized carbons (Fsp3) is 1.00. The van der Waals surface area contributed by atoms with Gasteiger partial charge < -0.3 is 4.74 Å². The summed E-state index contributed by atoms with van der Waals surface area (Å²) < 4.78 is 5.63. The quantitative estimate of drug-likeness (QED) is 0.159. The molecule has 0 aromatic carbocycles. The molecule has 0 spiro atoms. The lowest BCUT2D eigenvalue weighted by molar-refractivity contribution is 0.111. The maximum absolute atomic E-state index is 5.63. The van der Waals surface area contributed by atoms with Crippen molar-refractivity contribution in [2.45, 2.75) is 128 Å². The Morgan fingerprint density at radius 3 is 1.26 bits per heavy atom. The third-order valence-corrected chi connectivity index (χ3v) is 5.53. The van der Waals surface area contributed by atoms with Crippen LogP contribution in [0.2, 0.25) is 0 Å². The molecule has 23 heavy (non-hydrogen) atoms. The Bertz CT molecular complexity index is 208. The zero-order valence-electron chi connectivity index (χ0n) is 16.1. The average Bonchev–Trinajstić information content (AvgIpc) is 2.57. The van der Waals surface area contributed by atoms with Gasteiger partial charge in [-0.25, -0.2) is 0 Å². The predicted octanol–water partition coefficient (Wildman–Crippen LogP) is 8.40. The van der Waals surface area contributed by atoms with Crippen molar-refractivity contribution in [3.63, 3.8) is 0 Å². The molecule has 0 aliphatic heterocycles. The van der Waals surface area contributed by atoms with Crippen molar-refractivity contribution in [3.05, 3.63) is 0 Å². The van der Waals surface area contributed by atoms with E-state index in [4.69, 9.17) is 4.74 Å². The van der Waals surface area contributed by atoms with Crippen molar-refractivity contribution in [2.24, 2.45) is 0 Å². The molecule has 0 saturated carbocycles. The van der Waals surface area contributed by atoms with Gasteiger partial charge in [0, 0.05) is 6.61 Å². The van der Waals surface area contributed by atoms with Crippen LogP contribution in [-0.4, -0.2) is 11.6 Å². The molecule has 0 aliphatic carbocycles. The topological polar surface area (TPSA) is 9.23 Å². The van der Waals surface area contributed by atoms with Crippen LogP contribution in [0.5, 0.6) is 0 Å². The zero-order valence-corrected chi connectivity index (χ0v) is 17.7. The summed E-state index contributed by atoms with van der Waals surface area (Å²) in [5.41, 5.74) is 0. The van der Waals surface area contributed by atoms with Crippen LogP contribution in [-0.2, 0) is 4.74 Å². The van der Waals surface area contributed by atoms with Crippen molar-refractivity contribution < 1.29 is 4.74 Å². The van der Waals surface area contributed by atoms with E-state index in [1.165, 1.54) is 103 Å². The lowest BCUT2D eigenvalue weighted by Gasteiger charge is -2.08. The highest BCUT2D eigenvalue weighted by Gasteiger charge is 1.99. The van der Waals surface area contributed by atoms with Crippen molar-refractivity contribution >= 4 is 15.9 Å². The molecule has 1 unspecified atom stereocenters. The Labute approximate surface area is 155 Å².